The number of H-pyrrole nitrogens is 2. The van der Waals surface area contributed by atoms with Crippen LogP contribution in [0.1, 0.15) is 18.2 Å². The van der Waals surface area contributed by atoms with Crippen molar-refractivity contribution in [3.63, 3.8) is 0 Å². The molecule has 0 spiro atoms. The molecule has 7 nitrogen and oxygen atoms in total. The molecule has 0 saturated carbocycles. The highest BCUT2D eigenvalue weighted by atomic mass is 16.3. The van der Waals surface area contributed by atoms with Gasteiger partial charge in [-0.05, 0) is 54.4 Å². The summed E-state index contributed by atoms with van der Waals surface area (Å²) < 4.78 is 0. The summed E-state index contributed by atoms with van der Waals surface area (Å²) in [5.74, 6) is 1.10. The molecule has 2 aromatic carbocycles. The molecule has 1 saturated heterocycles. The van der Waals surface area contributed by atoms with Crippen LogP contribution in [0, 0.1) is 0 Å². The first-order valence-electron chi connectivity index (χ1n) is 10.9. The number of aromatic nitrogens is 4. The molecule has 3 N–H and O–H groups in total. The Hall–Kier alpha value is -3.16. The van der Waals surface area contributed by atoms with Crippen LogP contribution >= 0.6 is 0 Å². The van der Waals surface area contributed by atoms with Gasteiger partial charge in [-0.2, -0.15) is 5.10 Å². The molecule has 0 atom stereocenters. The Morgan fingerprint density at radius 2 is 1.90 bits per heavy atom. The number of piperazine rings is 1. The number of fused-ring (bicyclic) bond motifs is 1. The molecular weight excluding hydrogens is 388 g/mol. The lowest BCUT2D eigenvalue weighted by Gasteiger charge is -2.31. The van der Waals surface area contributed by atoms with E-state index < -0.39 is 0 Å². The predicted octanol–water partition coefficient (Wildman–Crippen LogP) is 3.64. The number of phenolic OH excluding ortho intramolecular Hbond substituents is 1. The van der Waals surface area contributed by atoms with Gasteiger partial charge in [-0.1, -0.05) is 19.1 Å². The number of hydrogen-bond acceptors (Lipinski definition) is 5. The minimum atomic E-state index is 0.302. The maximum absolute atomic E-state index is 9.80. The Kier molecular flexibility index (Phi) is 5.21. The van der Waals surface area contributed by atoms with Crippen molar-refractivity contribution in [1.29, 1.82) is 0 Å². The highest BCUT2D eigenvalue weighted by molar-refractivity contribution is 5.94. The zero-order chi connectivity index (χ0) is 21.4. The Morgan fingerprint density at radius 1 is 1.06 bits per heavy atom. The Balaban J connectivity index is 1.40. The molecule has 3 heterocycles. The summed E-state index contributed by atoms with van der Waals surface area (Å²) in [5, 5.41) is 18.6. The summed E-state index contributed by atoms with van der Waals surface area (Å²) in [6, 6.07) is 11.9. The molecule has 4 aromatic rings. The molecule has 0 unspecified atom stereocenters. The van der Waals surface area contributed by atoms with E-state index in [1.54, 1.807) is 6.07 Å². The van der Waals surface area contributed by atoms with Crippen LogP contribution in [0.2, 0.25) is 0 Å². The summed E-state index contributed by atoms with van der Waals surface area (Å²) in [6.45, 7) is 7.35. The second-order valence-electron chi connectivity index (χ2n) is 8.36. The number of likely N-dealkylation sites (N-methyl/N-ethyl adjacent to an activating group) is 1. The first kappa shape index (κ1) is 19.8. The lowest BCUT2D eigenvalue weighted by Crippen LogP contribution is -2.43. The fourth-order valence-electron chi connectivity index (χ4n) is 4.33. The van der Waals surface area contributed by atoms with E-state index in [4.69, 9.17) is 0 Å². The summed E-state index contributed by atoms with van der Waals surface area (Å²) in [4.78, 5) is 12.9. The van der Waals surface area contributed by atoms with Gasteiger partial charge in [0, 0.05) is 43.8 Å². The number of benzene rings is 2. The van der Waals surface area contributed by atoms with Crippen molar-refractivity contribution in [1.82, 2.24) is 30.0 Å². The van der Waals surface area contributed by atoms with E-state index in [9.17, 15) is 5.11 Å². The quantitative estimate of drug-likeness (QED) is 0.463. The molecule has 5 rings (SSSR count). The third-order valence-electron chi connectivity index (χ3n) is 6.19. The standard InChI is InChI=1S/C24H28N6O/c1-3-16-12-19(31)5-7-20(16)17-4-6-21-22(13-17)27-28-23(21)24-25-14-18(26-24)15-30-10-8-29(2)9-11-30/h4-7,12-14,31H,3,8-11,15H2,1-2H3,(H,25,26)(H,27,28). The number of hydrogen-bond donors (Lipinski definition) is 3. The maximum Gasteiger partial charge on any atom is 0.158 e. The minimum absolute atomic E-state index is 0.302. The minimum Gasteiger partial charge on any atom is -0.508 e. The molecule has 160 valence electrons. The normalized spacial score (nSPS) is 15.7. The number of phenols is 1. The molecule has 0 bridgehead atoms. The predicted molar refractivity (Wildman–Crippen MR) is 123 cm³/mol. The van der Waals surface area contributed by atoms with Crippen LogP contribution in [0.15, 0.2) is 42.6 Å². The van der Waals surface area contributed by atoms with Gasteiger partial charge < -0.3 is 15.0 Å². The fourth-order valence-corrected chi connectivity index (χ4v) is 4.33. The van der Waals surface area contributed by atoms with E-state index in [0.717, 1.165) is 84.0 Å². The lowest BCUT2D eigenvalue weighted by atomic mass is 9.97. The average molecular weight is 417 g/mol. The highest BCUT2D eigenvalue weighted by Crippen LogP contribution is 2.32. The van der Waals surface area contributed by atoms with Crippen molar-refractivity contribution in [3.05, 3.63) is 53.9 Å². The summed E-state index contributed by atoms with van der Waals surface area (Å²) in [6.07, 6.45) is 2.78. The van der Waals surface area contributed by atoms with Gasteiger partial charge in [0.1, 0.15) is 11.4 Å². The number of aryl methyl sites for hydroxylation is 1. The Morgan fingerprint density at radius 3 is 2.71 bits per heavy atom. The van der Waals surface area contributed by atoms with E-state index in [2.05, 4.69) is 62.1 Å². The van der Waals surface area contributed by atoms with Crippen LogP contribution in [0.25, 0.3) is 33.5 Å². The average Bonchev–Trinajstić information content (AvgIpc) is 3.41. The van der Waals surface area contributed by atoms with Crippen molar-refractivity contribution < 1.29 is 5.11 Å². The van der Waals surface area contributed by atoms with Gasteiger partial charge in [0.25, 0.3) is 0 Å². The van der Waals surface area contributed by atoms with Crippen LogP contribution in [-0.4, -0.2) is 68.3 Å². The second-order valence-corrected chi connectivity index (χ2v) is 8.36. The monoisotopic (exact) mass is 416 g/mol. The topological polar surface area (TPSA) is 84.1 Å². The van der Waals surface area contributed by atoms with Crippen molar-refractivity contribution in [3.8, 4) is 28.4 Å². The molecule has 0 radical (unpaired) electrons. The van der Waals surface area contributed by atoms with Crippen molar-refractivity contribution >= 4 is 10.9 Å². The molecule has 0 amide bonds. The van der Waals surface area contributed by atoms with Crippen LogP contribution in [0.5, 0.6) is 5.75 Å². The van der Waals surface area contributed by atoms with Crippen molar-refractivity contribution in [2.45, 2.75) is 19.9 Å². The number of nitrogens with one attached hydrogen (secondary N) is 2. The van der Waals surface area contributed by atoms with Gasteiger partial charge in [-0.15, -0.1) is 0 Å². The number of aromatic amines is 2. The van der Waals surface area contributed by atoms with Gasteiger partial charge in [-0.25, -0.2) is 4.98 Å². The van der Waals surface area contributed by atoms with E-state index >= 15 is 0 Å². The van der Waals surface area contributed by atoms with E-state index in [1.807, 2.05) is 18.3 Å². The number of rotatable bonds is 5. The molecule has 1 aliphatic rings. The largest absolute Gasteiger partial charge is 0.508 e. The third-order valence-corrected chi connectivity index (χ3v) is 6.19. The molecule has 1 aliphatic heterocycles. The maximum atomic E-state index is 9.80. The Labute approximate surface area is 181 Å². The zero-order valence-corrected chi connectivity index (χ0v) is 18.0. The summed E-state index contributed by atoms with van der Waals surface area (Å²) in [7, 11) is 2.17. The van der Waals surface area contributed by atoms with Crippen LogP contribution in [0.3, 0.4) is 0 Å². The van der Waals surface area contributed by atoms with E-state index in [-0.39, 0.29) is 0 Å². The zero-order valence-electron chi connectivity index (χ0n) is 18.0. The SMILES string of the molecule is CCc1cc(O)ccc1-c1ccc2c(-c3ncc(CN4CCN(C)CC4)[nH]3)n[nH]c2c1. The van der Waals surface area contributed by atoms with E-state index in [0.29, 0.717) is 5.75 Å². The number of nitrogens with zero attached hydrogens (tertiary/aromatic N) is 4. The molecule has 0 aliphatic carbocycles. The molecule has 31 heavy (non-hydrogen) atoms. The van der Waals surface area contributed by atoms with Crippen LogP contribution in [-0.2, 0) is 13.0 Å². The molecule has 7 heteroatoms. The first-order chi connectivity index (χ1) is 15.1. The smallest absolute Gasteiger partial charge is 0.158 e. The van der Waals surface area contributed by atoms with Gasteiger partial charge in [-0.3, -0.25) is 10.00 Å². The number of aromatic hydroxyl groups is 1. The number of imidazole rings is 1. The van der Waals surface area contributed by atoms with E-state index in [1.165, 1.54) is 0 Å². The second kappa shape index (κ2) is 8.17. The molecule has 1 fully saturated rings. The fraction of sp³-hybridized carbons (Fsp3) is 0.333. The highest BCUT2D eigenvalue weighted by Gasteiger charge is 2.17. The van der Waals surface area contributed by atoms with Crippen LogP contribution < -0.4 is 0 Å². The summed E-state index contributed by atoms with van der Waals surface area (Å²) in [5.41, 5.74) is 6.29. The van der Waals surface area contributed by atoms with Crippen LogP contribution in [0.4, 0.5) is 0 Å². The van der Waals surface area contributed by atoms with Gasteiger partial charge in [0.05, 0.1) is 11.7 Å². The van der Waals surface area contributed by atoms with Crippen molar-refractivity contribution in [2.24, 2.45) is 0 Å². The van der Waals surface area contributed by atoms with Gasteiger partial charge in [0.2, 0.25) is 0 Å². The Bertz CT molecular complexity index is 1200. The molecule has 2 aromatic heterocycles. The van der Waals surface area contributed by atoms with Gasteiger partial charge >= 0.3 is 0 Å². The first-order valence-corrected chi connectivity index (χ1v) is 10.9. The lowest BCUT2D eigenvalue weighted by molar-refractivity contribution is 0.147. The summed E-state index contributed by atoms with van der Waals surface area (Å²) >= 11 is 0. The third kappa shape index (κ3) is 3.94. The molecular formula is C24H28N6O. The van der Waals surface area contributed by atoms with Gasteiger partial charge in [0.15, 0.2) is 5.82 Å². The van der Waals surface area contributed by atoms with Crippen molar-refractivity contribution in [2.75, 3.05) is 33.2 Å².